The third-order valence-corrected chi connectivity index (χ3v) is 4.88. The summed E-state index contributed by atoms with van der Waals surface area (Å²) >= 11 is 0. The number of nitrogens with two attached hydrogens (primary N) is 1. The van der Waals surface area contributed by atoms with E-state index in [9.17, 15) is 9.59 Å². The van der Waals surface area contributed by atoms with E-state index in [0.717, 1.165) is 37.0 Å². The molecule has 138 valence electrons. The highest BCUT2D eigenvalue weighted by Gasteiger charge is 2.19. The molecule has 1 saturated heterocycles. The van der Waals surface area contributed by atoms with E-state index in [2.05, 4.69) is 10.2 Å². The monoisotopic (exact) mass is 363 g/mol. The van der Waals surface area contributed by atoms with Crippen molar-refractivity contribution in [2.24, 2.45) is 5.73 Å². The number of hydrogen-bond acceptors (Lipinski definition) is 4. The van der Waals surface area contributed by atoms with Gasteiger partial charge in [0.2, 0.25) is 5.91 Å². The fraction of sp³-hybridized carbons (Fsp3) is 0.238. The number of piperidine rings is 1. The van der Waals surface area contributed by atoms with Gasteiger partial charge in [-0.1, -0.05) is 18.2 Å². The van der Waals surface area contributed by atoms with Crippen molar-refractivity contribution in [1.82, 2.24) is 0 Å². The van der Waals surface area contributed by atoms with Gasteiger partial charge in [0, 0.05) is 24.0 Å². The lowest BCUT2D eigenvalue weighted by Crippen LogP contribution is -2.30. The molecular weight excluding hydrogens is 342 g/mol. The fourth-order valence-electron chi connectivity index (χ4n) is 3.48. The first-order valence-corrected chi connectivity index (χ1v) is 9.10. The summed E-state index contributed by atoms with van der Waals surface area (Å²) in [6, 6.07) is 14.4. The molecule has 1 aromatic heterocycles. The molecule has 1 aliphatic heterocycles. The topological polar surface area (TPSA) is 88.6 Å². The summed E-state index contributed by atoms with van der Waals surface area (Å²) in [6.45, 7) is 1.84. The van der Waals surface area contributed by atoms with Gasteiger partial charge in [-0.2, -0.15) is 0 Å². The van der Waals surface area contributed by atoms with Gasteiger partial charge < -0.3 is 20.4 Å². The minimum absolute atomic E-state index is 0.227. The zero-order chi connectivity index (χ0) is 18.8. The van der Waals surface area contributed by atoms with Crippen LogP contribution in [0.15, 0.2) is 52.9 Å². The van der Waals surface area contributed by atoms with Crippen LogP contribution >= 0.6 is 0 Å². The molecule has 3 aromatic rings. The maximum absolute atomic E-state index is 12.8. The summed E-state index contributed by atoms with van der Waals surface area (Å²) in [5, 5.41) is 3.76. The molecular formula is C21H21N3O3. The number of anilines is 2. The van der Waals surface area contributed by atoms with Crippen molar-refractivity contribution in [2.75, 3.05) is 23.3 Å². The average Bonchev–Trinajstić information content (AvgIpc) is 3.13. The van der Waals surface area contributed by atoms with Crippen LogP contribution in [-0.4, -0.2) is 24.9 Å². The first-order chi connectivity index (χ1) is 13.1. The highest BCUT2D eigenvalue weighted by atomic mass is 16.3. The van der Waals surface area contributed by atoms with Crippen molar-refractivity contribution in [3.8, 4) is 0 Å². The first-order valence-electron chi connectivity index (χ1n) is 9.10. The van der Waals surface area contributed by atoms with Gasteiger partial charge in [-0.3, -0.25) is 9.59 Å². The van der Waals surface area contributed by atoms with Crippen molar-refractivity contribution in [1.29, 1.82) is 0 Å². The molecule has 6 nitrogen and oxygen atoms in total. The van der Waals surface area contributed by atoms with Gasteiger partial charge in [0.1, 0.15) is 5.58 Å². The van der Waals surface area contributed by atoms with Crippen LogP contribution in [-0.2, 0) is 0 Å². The second-order valence-corrected chi connectivity index (χ2v) is 6.75. The summed E-state index contributed by atoms with van der Waals surface area (Å²) in [5.74, 6) is -0.657. The van der Waals surface area contributed by atoms with E-state index < -0.39 is 5.91 Å². The molecule has 0 saturated carbocycles. The second kappa shape index (κ2) is 7.15. The number of carbonyl (C=O) groups is 2. The lowest BCUT2D eigenvalue weighted by molar-refractivity contribution is 0.0989. The smallest absolute Gasteiger partial charge is 0.291 e. The molecule has 2 aromatic carbocycles. The fourth-order valence-corrected chi connectivity index (χ4v) is 3.48. The quantitative estimate of drug-likeness (QED) is 0.738. The van der Waals surface area contributed by atoms with E-state index in [-0.39, 0.29) is 11.7 Å². The standard InChI is InChI=1S/C21H21N3O3/c22-20(25)15-8-9-17(24-10-4-1-5-11-24)16(12-15)23-21(26)19-13-14-6-2-3-7-18(14)27-19/h2-3,6-9,12-13H,1,4-5,10-11H2,(H2,22,25)(H,23,26). The van der Waals surface area contributed by atoms with Gasteiger partial charge in [0.15, 0.2) is 5.76 Å². The Kier molecular flexibility index (Phi) is 4.54. The normalized spacial score (nSPS) is 14.3. The van der Waals surface area contributed by atoms with Crippen LogP contribution in [0.5, 0.6) is 0 Å². The van der Waals surface area contributed by atoms with E-state index in [4.69, 9.17) is 10.2 Å². The highest BCUT2D eigenvalue weighted by molar-refractivity contribution is 6.07. The van der Waals surface area contributed by atoms with Gasteiger partial charge in [0.05, 0.1) is 11.4 Å². The molecule has 0 bridgehead atoms. The van der Waals surface area contributed by atoms with E-state index >= 15 is 0 Å². The lowest BCUT2D eigenvalue weighted by atomic mass is 10.1. The van der Waals surface area contributed by atoms with Crippen LogP contribution in [0.2, 0.25) is 0 Å². The molecule has 3 N–H and O–H groups in total. The lowest BCUT2D eigenvalue weighted by Gasteiger charge is -2.30. The van der Waals surface area contributed by atoms with Crippen LogP contribution < -0.4 is 16.0 Å². The molecule has 27 heavy (non-hydrogen) atoms. The average molecular weight is 363 g/mol. The van der Waals surface area contributed by atoms with Crippen molar-refractivity contribution >= 4 is 34.2 Å². The highest BCUT2D eigenvalue weighted by Crippen LogP contribution is 2.30. The number of amides is 2. The number of nitrogens with zero attached hydrogens (tertiary/aromatic N) is 1. The predicted octanol–water partition coefficient (Wildman–Crippen LogP) is 3.77. The molecule has 1 aliphatic rings. The minimum Gasteiger partial charge on any atom is -0.451 e. The number of nitrogens with one attached hydrogen (secondary N) is 1. The van der Waals surface area contributed by atoms with Crippen molar-refractivity contribution in [2.45, 2.75) is 19.3 Å². The number of para-hydroxylation sites is 1. The van der Waals surface area contributed by atoms with Gasteiger partial charge in [-0.15, -0.1) is 0 Å². The number of carbonyl (C=O) groups excluding carboxylic acids is 2. The SMILES string of the molecule is NC(=O)c1ccc(N2CCCCC2)c(NC(=O)c2cc3ccccc3o2)c1. The maximum Gasteiger partial charge on any atom is 0.291 e. The molecule has 1 fully saturated rings. The minimum atomic E-state index is -0.528. The molecule has 6 heteroatoms. The van der Waals surface area contributed by atoms with E-state index in [1.807, 2.05) is 30.3 Å². The molecule has 2 heterocycles. The number of benzene rings is 2. The summed E-state index contributed by atoms with van der Waals surface area (Å²) < 4.78 is 5.65. The summed E-state index contributed by atoms with van der Waals surface area (Å²) in [5.41, 5.74) is 7.90. The van der Waals surface area contributed by atoms with Gasteiger partial charge in [-0.25, -0.2) is 0 Å². The van der Waals surface area contributed by atoms with Crippen molar-refractivity contribution in [3.63, 3.8) is 0 Å². The Labute approximate surface area is 156 Å². The predicted molar refractivity (Wildman–Crippen MR) is 105 cm³/mol. The molecule has 2 amide bonds. The third-order valence-electron chi connectivity index (χ3n) is 4.88. The molecule has 0 unspecified atom stereocenters. The van der Waals surface area contributed by atoms with Crippen LogP contribution in [0, 0.1) is 0 Å². The largest absolute Gasteiger partial charge is 0.451 e. The van der Waals surface area contributed by atoms with Crippen LogP contribution in [0.25, 0.3) is 11.0 Å². The molecule has 4 rings (SSSR count). The van der Waals surface area contributed by atoms with Crippen LogP contribution in [0.3, 0.4) is 0 Å². The van der Waals surface area contributed by atoms with Gasteiger partial charge in [0.25, 0.3) is 5.91 Å². The molecule has 0 radical (unpaired) electrons. The summed E-state index contributed by atoms with van der Waals surface area (Å²) in [4.78, 5) is 26.6. The Balaban J connectivity index is 1.66. The first kappa shape index (κ1) is 17.1. The zero-order valence-corrected chi connectivity index (χ0v) is 14.9. The molecule has 0 atom stereocenters. The third kappa shape index (κ3) is 3.51. The maximum atomic E-state index is 12.8. The van der Waals surface area contributed by atoms with E-state index in [1.54, 1.807) is 18.2 Å². The number of hydrogen-bond donors (Lipinski definition) is 2. The van der Waals surface area contributed by atoms with Gasteiger partial charge in [-0.05, 0) is 49.6 Å². The van der Waals surface area contributed by atoms with Crippen LogP contribution in [0.4, 0.5) is 11.4 Å². The zero-order valence-electron chi connectivity index (χ0n) is 14.9. The van der Waals surface area contributed by atoms with E-state index in [1.165, 1.54) is 6.42 Å². The van der Waals surface area contributed by atoms with Crippen molar-refractivity contribution < 1.29 is 14.0 Å². The molecule has 0 aliphatic carbocycles. The summed E-state index contributed by atoms with van der Waals surface area (Å²) in [6.07, 6.45) is 3.42. The number of primary amides is 1. The second-order valence-electron chi connectivity index (χ2n) is 6.75. The van der Waals surface area contributed by atoms with Crippen molar-refractivity contribution in [3.05, 3.63) is 59.9 Å². The molecule has 0 spiro atoms. The Morgan fingerprint density at radius 2 is 1.78 bits per heavy atom. The number of furan rings is 1. The Morgan fingerprint density at radius 1 is 1.00 bits per heavy atom. The Morgan fingerprint density at radius 3 is 2.52 bits per heavy atom. The van der Waals surface area contributed by atoms with Gasteiger partial charge >= 0.3 is 0 Å². The van der Waals surface area contributed by atoms with E-state index in [0.29, 0.717) is 16.8 Å². The number of rotatable bonds is 4. The Bertz CT molecular complexity index is 970. The number of fused-ring (bicyclic) bond motifs is 1. The van der Waals surface area contributed by atoms with Crippen LogP contribution in [0.1, 0.15) is 40.2 Å². The Hall–Kier alpha value is -3.28. The summed E-state index contributed by atoms with van der Waals surface area (Å²) in [7, 11) is 0.